The van der Waals surface area contributed by atoms with E-state index in [2.05, 4.69) is 10.6 Å². The molecule has 1 aromatic rings. The lowest BCUT2D eigenvalue weighted by molar-refractivity contribution is -0.123. The second-order valence-corrected chi connectivity index (χ2v) is 4.60. The van der Waals surface area contributed by atoms with Gasteiger partial charge in [-0.3, -0.25) is 4.79 Å². The molecule has 0 heterocycles. The fourth-order valence-electron chi connectivity index (χ4n) is 1.86. The smallest absolute Gasteiger partial charge is 0.257 e. The number of ether oxygens (including phenoxy) is 1. The highest BCUT2D eigenvalue weighted by Crippen LogP contribution is 2.26. The van der Waals surface area contributed by atoms with E-state index in [4.69, 9.17) is 4.74 Å². The Morgan fingerprint density at radius 2 is 2.15 bits per heavy atom. The summed E-state index contributed by atoms with van der Waals surface area (Å²) in [7, 11) is 0. The first kappa shape index (κ1) is 16.4. The summed E-state index contributed by atoms with van der Waals surface area (Å²) in [6, 6.07) is 4.30. The first-order chi connectivity index (χ1) is 9.58. The summed E-state index contributed by atoms with van der Waals surface area (Å²) in [6.45, 7) is 7.24. The SMILES string of the molecule is CCCNC(=O)COc1ccc(F)cc1C(C)NCC. The quantitative estimate of drug-likeness (QED) is 0.770. The highest BCUT2D eigenvalue weighted by atomic mass is 19.1. The molecule has 1 rings (SSSR count). The first-order valence-corrected chi connectivity index (χ1v) is 7.00. The van der Waals surface area contributed by atoms with E-state index < -0.39 is 0 Å². The molecule has 0 saturated carbocycles. The average Bonchev–Trinajstić information content (AvgIpc) is 2.43. The molecule has 112 valence electrons. The molecule has 0 radical (unpaired) electrons. The highest BCUT2D eigenvalue weighted by Gasteiger charge is 2.13. The van der Waals surface area contributed by atoms with Gasteiger partial charge in [-0.25, -0.2) is 4.39 Å². The minimum absolute atomic E-state index is 0.0376. The van der Waals surface area contributed by atoms with Crippen molar-refractivity contribution in [2.24, 2.45) is 0 Å². The van der Waals surface area contributed by atoms with Crippen LogP contribution in [0.2, 0.25) is 0 Å². The minimum atomic E-state index is -0.312. The number of halogens is 1. The van der Waals surface area contributed by atoms with E-state index in [9.17, 15) is 9.18 Å². The summed E-state index contributed by atoms with van der Waals surface area (Å²) in [5.74, 6) is 0.0530. The number of carbonyl (C=O) groups excluding carboxylic acids is 1. The molecule has 2 N–H and O–H groups in total. The first-order valence-electron chi connectivity index (χ1n) is 7.00. The van der Waals surface area contributed by atoms with Gasteiger partial charge in [0.05, 0.1) is 0 Å². The fourth-order valence-corrected chi connectivity index (χ4v) is 1.86. The van der Waals surface area contributed by atoms with E-state index >= 15 is 0 Å². The number of rotatable bonds is 8. The van der Waals surface area contributed by atoms with E-state index in [0.29, 0.717) is 12.3 Å². The lowest BCUT2D eigenvalue weighted by Gasteiger charge is -2.17. The molecule has 1 atom stereocenters. The van der Waals surface area contributed by atoms with Gasteiger partial charge in [-0.2, -0.15) is 0 Å². The molecular formula is C15H23FN2O2. The summed E-state index contributed by atoms with van der Waals surface area (Å²) in [5, 5.41) is 5.94. The number of carbonyl (C=O) groups is 1. The van der Waals surface area contributed by atoms with Crippen molar-refractivity contribution in [2.75, 3.05) is 19.7 Å². The van der Waals surface area contributed by atoms with Crippen LogP contribution in [-0.4, -0.2) is 25.6 Å². The van der Waals surface area contributed by atoms with Crippen molar-refractivity contribution in [3.05, 3.63) is 29.6 Å². The predicted octanol–water partition coefficient (Wildman–Crippen LogP) is 2.40. The topological polar surface area (TPSA) is 50.4 Å². The van der Waals surface area contributed by atoms with Crippen molar-refractivity contribution in [3.8, 4) is 5.75 Å². The fraction of sp³-hybridized carbons (Fsp3) is 0.533. The maximum atomic E-state index is 13.4. The molecular weight excluding hydrogens is 259 g/mol. The zero-order chi connectivity index (χ0) is 15.0. The number of benzene rings is 1. The van der Waals surface area contributed by atoms with Crippen molar-refractivity contribution in [3.63, 3.8) is 0 Å². The molecule has 1 unspecified atom stereocenters. The monoisotopic (exact) mass is 282 g/mol. The maximum absolute atomic E-state index is 13.4. The Kier molecular flexibility index (Phi) is 7.01. The van der Waals surface area contributed by atoms with Crippen LogP contribution < -0.4 is 15.4 Å². The summed E-state index contributed by atoms with van der Waals surface area (Å²) < 4.78 is 18.9. The largest absolute Gasteiger partial charge is 0.483 e. The Labute approximate surface area is 119 Å². The normalized spacial score (nSPS) is 12.0. The van der Waals surface area contributed by atoms with E-state index in [-0.39, 0.29) is 24.4 Å². The van der Waals surface area contributed by atoms with E-state index in [1.165, 1.54) is 12.1 Å². The number of hydrogen-bond donors (Lipinski definition) is 2. The second kappa shape index (κ2) is 8.53. The molecule has 0 bridgehead atoms. The van der Waals surface area contributed by atoms with Gasteiger partial charge in [-0.15, -0.1) is 0 Å². The highest BCUT2D eigenvalue weighted by molar-refractivity contribution is 5.77. The molecule has 0 spiro atoms. The Hall–Kier alpha value is -1.62. The van der Waals surface area contributed by atoms with E-state index in [0.717, 1.165) is 18.5 Å². The van der Waals surface area contributed by atoms with Crippen LogP contribution in [-0.2, 0) is 4.79 Å². The van der Waals surface area contributed by atoms with Crippen LogP contribution in [0, 0.1) is 5.82 Å². The Morgan fingerprint density at radius 1 is 1.40 bits per heavy atom. The average molecular weight is 282 g/mol. The van der Waals surface area contributed by atoms with E-state index in [1.807, 2.05) is 20.8 Å². The van der Waals surface area contributed by atoms with Crippen molar-refractivity contribution in [1.29, 1.82) is 0 Å². The van der Waals surface area contributed by atoms with Gasteiger partial charge in [0.1, 0.15) is 11.6 Å². The lowest BCUT2D eigenvalue weighted by atomic mass is 10.1. The van der Waals surface area contributed by atoms with Crippen LogP contribution in [0.15, 0.2) is 18.2 Å². The van der Waals surface area contributed by atoms with Crippen LogP contribution in [0.4, 0.5) is 4.39 Å². The van der Waals surface area contributed by atoms with Crippen LogP contribution in [0.25, 0.3) is 0 Å². The van der Waals surface area contributed by atoms with E-state index in [1.54, 1.807) is 6.07 Å². The molecule has 0 aliphatic rings. The molecule has 5 heteroatoms. The van der Waals surface area contributed by atoms with Crippen molar-refractivity contribution in [2.45, 2.75) is 33.2 Å². The Morgan fingerprint density at radius 3 is 2.80 bits per heavy atom. The van der Waals surface area contributed by atoms with Gasteiger partial charge in [-0.05, 0) is 38.1 Å². The van der Waals surface area contributed by atoms with Gasteiger partial charge in [0.2, 0.25) is 0 Å². The molecule has 0 saturated heterocycles. The van der Waals surface area contributed by atoms with Gasteiger partial charge < -0.3 is 15.4 Å². The third kappa shape index (κ3) is 5.17. The van der Waals surface area contributed by atoms with Gasteiger partial charge in [-0.1, -0.05) is 13.8 Å². The zero-order valence-electron chi connectivity index (χ0n) is 12.3. The third-order valence-electron chi connectivity index (χ3n) is 2.88. The predicted molar refractivity (Wildman–Crippen MR) is 77.3 cm³/mol. The summed E-state index contributed by atoms with van der Waals surface area (Å²) in [4.78, 5) is 11.5. The van der Waals surface area contributed by atoms with Crippen molar-refractivity contribution < 1.29 is 13.9 Å². The minimum Gasteiger partial charge on any atom is -0.483 e. The summed E-state index contributed by atoms with van der Waals surface area (Å²) in [6.07, 6.45) is 0.880. The Balaban J connectivity index is 2.71. The Bertz CT molecular complexity index is 438. The molecule has 0 aliphatic heterocycles. The van der Waals surface area contributed by atoms with Gasteiger partial charge in [0, 0.05) is 18.2 Å². The van der Waals surface area contributed by atoms with Gasteiger partial charge in [0.25, 0.3) is 5.91 Å². The van der Waals surface area contributed by atoms with Crippen LogP contribution in [0.5, 0.6) is 5.75 Å². The van der Waals surface area contributed by atoms with Crippen LogP contribution in [0.1, 0.15) is 38.8 Å². The van der Waals surface area contributed by atoms with Crippen molar-refractivity contribution >= 4 is 5.91 Å². The molecule has 0 aromatic heterocycles. The molecule has 0 aliphatic carbocycles. The molecule has 1 amide bonds. The zero-order valence-corrected chi connectivity index (χ0v) is 12.3. The van der Waals surface area contributed by atoms with Crippen LogP contribution >= 0.6 is 0 Å². The van der Waals surface area contributed by atoms with Gasteiger partial charge in [0.15, 0.2) is 6.61 Å². The maximum Gasteiger partial charge on any atom is 0.257 e. The molecule has 0 fully saturated rings. The number of amides is 1. The summed E-state index contributed by atoms with van der Waals surface area (Å²) >= 11 is 0. The standard InChI is InChI=1S/C15H23FN2O2/c1-4-8-18-15(19)10-20-14-7-6-12(16)9-13(14)11(3)17-5-2/h6-7,9,11,17H,4-5,8,10H2,1-3H3,(H,18,19). The van der Waals surface area contributed by atoms with Crippen molar-refractivity contribution in [1.82, 2.24) is 10.6 Å². The number of hydrogen-bond acceptors (Lipinski definition) is 3. The summed E-state index contributed by atoms with van der Waals surface area (Å²) in [5.41, 5.74) is 0.718. The number of nitrogens with one attached hydrogen (secondary N) is 2. The molecule has 1 aromatic carbocycles. The lowest BCUT2D eigenvalue weighted by Crippen LogP contribution is -2.29. The molecule has 20 heavy (non-hydrogen) atoms. The second-order valence-electron chi connectivity index (χ2n) is 4.60. The third-order valence-corrected chi connectivity index (χ3v) is 2.88. The van der Waals surface area contributed by atoms with Crippen LogP contribution in [0.3, 0.4) is 0 Å². The molecule has 4 nitrogen and oxygen atoms in total. The van der Waals surface area contributed by atoms with Gasteiger partial charge >= 0.3 is 0 Å².